The van der Waals surface area contributed by atoms with Crippen LogP contribution in [0.25, 0.3) is 0 Å². The van der Waals surface area contributed by atoms with E-state index in [1.54, 1.807) is 7.11 Å². The molecular formula is C13H22N4O2. The van der Waals surface area contributed by atoms with Crippen LogP contribution in [0.15, 0.2) is 23.4 Å². The number of nitrogens with zero attached hydrogens (tertiary/aromatic N) is 3. The summed E-state index contributed by atoms with van der Waals surface area (Å²) in [7, 11) is 1.60. The third kappa shape index (κ3) is 5.13. The molecule has 6 heteroatoms. The van der Waals surface area contributed by atoms with Gasteiger partial charge in [0.1, 0.15) is 5.84 Å². The molecule has 0 aliphatic heterocycles. The first-order valence-electron chi connectivity index (χ1n) is 6.27. The van der Waals surface area contributed by atoms with Crippen molar-refractivity contribution in [2.75, 3.05) is 13.7 Å². The highest BCUT2D eigenvalue weighted by molar-refractivity contribution is 5.79. The first kappa shape index (κ1) is 15.2. The van der Waals surface area contributed by atoms with Crippen LogP contribution in [-0.2, 0) is 6.54 Å². The number of oxime groups is 1. The van der Waals surface area contributed by atoms with Gasteiger partial charge in [-0.15, -0.1) is 0 Å². The van der Waals surface area contributed by atoms with Crippen LogP contribution >= 0.6 is 0 Å². The summed E-state index contributed by atoms with van der Waals surface area (Å²) >= 11 is 0. The molecule has 0 fully saturated rings. The van der Waals surface area contributed by atoms with E-state index in [-0.39, 0.29) is 5.84 Å². The molecule has 3 N–H and O–H groups in total. The number of methoxy groups -OCH3 is 1. The maximum Gasteiger partial charge on any atom is 0.213 e. The van der Waals surface area contributed by atoms with Crippen LogP contribution in [0.3, 0.4) is 0 Å². The summed E-state index contributed by atoms with van der Waals surface area (Å²) in [5.41, 5.74) is 6.44. The van der Waals surface area contributed by atoms with Gasteiger partial charge in [-0.2, -0.15) is 0 Å². The molecule has 0 amide bonds. The van der Waals surface area contributed by atoms with Crippen LogP contribution in [0.2, 0.25) is 0 Å². The number of nitrogens with two attached hydrogens (primary N) is 1. The smallest absolute Gasteiger partial charge is 0.213 e. The van der Waals surface area contributed by atoms with E-state index in [4.69, 9.17) is 15.7 Å². The summed E-state index contributed by atoms with van der Waals surface area (Å²) in [6.07, 6.45) is 0.526. The van der Waals surface area contributed by atoms with Crippen molar-refractivity contribution in [3.8, 4) is 5.88 Å². The first-order valence-corrected chi connectivity index (χ1v) is 6.27. The normalized spacial score (nSPS) is 12.2. The van der Waals surface area contributed by atoms with E-state index < -0.39 is 0 Å². The van der Waals surface area contributed by atoms with Crippen molar-refractivity contribution in [3.63, 3.8) is 0 Å². The fraction of sp³-hybridized carbons (Fsp3) is 0.538. The van der Waals surface area contributed by atoms with E-state index >= 15 is 0 Å². The lowest BCUT2D eigenvalue weighted by Crippen LogP contribution is -2.33. The first-order chi connectivity index (χ1) is 9.06. The Morgan fingerprint density at radius 2 is 2.26 bits per heavy atom. The zero-order valence-electron chi connectivity index (χ0n) is 11.7. The zero-order chi connectivity index (χ0) is 14.3. The lowest BCUT2D eigenvalue weighted by atomic mass is 10.2. The second-order valence-corrected chi connectivity index (χ2v) is 4.58. The summed E-state index contributed by atoms with van der Waals surface area (Å²) in [6.45, 7) is 5.62. The molecule has 0 atom stereocenters. The minimum Gasteiger partial charge on any atom is -0.481 e. The van der Waals surface area contributed by atoms with E-state index in [0.717, 1.165) is 5.69 Å². The molecule has 0 aromatic carbocycles. The number of hydrogen-bond donors (Lipinski definition) is 2. The van der Waals surface area contributed by atoms with Crippen LogP contribution < -0.4 is 10.5 Å². The van der Waals surface area contributed by atoms with Gasteiger partial charge in [0.25, 0.3) is 0 Å². The van der Waals surface area contributed by atoms with Crippen LogP contribution in [0, 0.1) is 0 Å². The molecular weight excluding hydrogens is 244 g/mol. The lowest BCUT2D eigenvalue weighted by molar-refractivity contribution is 0.214. The molecule has 1 aromatic heterocycles. The molecule has 0 saturated heterocycles. The predicted molar refractivity (Wildman–Crippen MR) is 74.4 cm³/mol. The van der Waals surface area contributed by atoms with Gasteiger partial charge in [-0.3, -0.25) is 4.90 Å². The molecule has 1 aromatic rings. The third-order valence-electron chi connectivity index (χ3n) is 2.87. The lowest BCUT2D eigenvalue weighted by Gasteiger charge is -2.25. The summed E-state index contributed by atoms with van der Waals surface area (Å²) in [6, 6.07) is 6.05. The topological polar surface area (TPSA) is 84.0 Å². The number of aromatic nitrogens is 1. The van der Waals surface area contributed by atoms with E-state index in [9.17, 15) is 0 Å². The van der Waals surface area contributed by atoms with Gasteiger partial charge < -0.3 is 15.7 Å². The summed E-state index contributed by atoms with van der Waals surface area (Å²) < 4.78 is 5.11. The Kier molecular flexibility index (Phi) is 6.08. The Bertz CT molecular complexity index is 421. The average Bonchev–Trinajstić information content (AvgIpc) is 2.42. The van der Waals surface area contributed by atoms with Crippen molar-refractivity contribution in [2.24, 2.45) is 10.9 Å². The molecule has 19 heavy (non-hydrogen) atoms. The molecule has 0 saturated carbocycles. The molecule has 106 valence electrons. The van der Waals surface area contributed by atoms with Crippen molar-refractivity contribution in [2.45, 2.75) is 32.9 Å². The van der Waals surface area contributed by atoms with Gasteiger partial charge in [-0.05, 0) is 19.9 Å². The van der Waals surface area contributed by atoms with Crippen LogP contribution in [0.5, 0.6) is 5.88 Å². The second-order valence-electron chi connectivity index (χ2n) is 4.58. The largest absolute Gasteiger partial charge is 0.481 e. The Morgan fingerprint density at radius 1 is 1.53 bits per heavy atom. The number of ether oxygens (including phenoxy) is 1. The fourth-order valence-corrected chi connectivity index (χ4v) is 1.70. The molecule has 0 unspecified atom stereocenters. The van der Waals surface area contributed by atoms with Crippen LogP contribution in [-0.4, -0.2) is 40.6 Å². The zero-order valence-corrected chi connectivity index (χ0v) is 11.7. The number of pyridine rings is 1. The third-order valence-corrected chi connectivity index (χ3v) is 2.87. The summed E-state index contributed by atoms with van der Waals surface area (Å²) in [5.74, 6) is 0.849. The SMILES string of the molecule is COc1cccc(CN(CCC(N)=NO)C(C)C)n1. The second kappa shape index (κ2) is 7.58. The quantitative estimate of drug-likeness (QED) is 0.337. The van der Waals surface area contributed by atoms with E-state index in [0.29, 0.717) is 31.4 Å². The number of amidine groups is 1. The predicted octanol–water partition coefficient (Wildman–Crippen LogP) is 1.44. The molecule has 0 spiro atoms. The maximum absolute atomic E-state index is 8.56. The van der Waals surface area contributed by atoms with Crippen molar-refractivity contribution >= 4 is 5.84 Å². The molecule has 6 nitrogen and oxygen atoms in total. The number of hydrogen-bond acceptors (Lipinski definition) is 5. The van der Waals surface area contributed by atoms with Crippen LogP contribution in [0.1, 0.15) is 26.0 Å². The van der Waals surface area contributed by atoms with Gasteiger partial charge in [-0.25, -0.2) is 4.98 Å². The monoisotopic (exact) mass is 266 g/mol. The highest BCUT2D eigenvalue weighted by Crippen LogP contribution is 2.11. The highest BCUT2D eigenvalue weighted by Gasteiger charge is 2.12. The standard InChI is InChI=1S/C13H22N4O2/c1-10(2)17(8-7-12(14)16-18)9-11-5-4-6-13(15-11)19-3/h4-6,10,18H,7-9H2,1-3H3,(H2,14,16). The van der Waals surface area contributed by atoms with Gasteiger partial charge >= 0.3 is 0 Å². The Morgan fingerprint density at radius 3 is 2.84 bits per heavy atom. The molecule has 1 heterocycles. The molecule has 0 bridgehead atoms. The van der Waals surface area contributed by atoms with Gasteiger partial charge in [0.15, 0.2) is 0 Å². The van der Waals surface area contributed by atoms with Crippen molar-refractivity contribution in [1.82, 2.24) is 9.88 Å². The van der Waals surface area contributed by atoms with Gasteiger partial charge in [0.05, 0.1) is 12.8 Å². The maximum atomic E-state index is 8.56. The highest BCUT2D eigenvalue weighted by atomic mass is 16.5. The van der Waals surface area contributed by atoms with Gasteiger partial charge in [0.2, 0.25) is 5.88 Å². The molecule has 0 aliphatic rings. The van der Waals surface area contributed by atoms with E-state index in [1.165, 1.54) is 0 Å². The number of rotatable bonds is 7. The van der Waals surface area contributed by atoms with E-state index in [1.807, 2.05) is 18.2 Å². The van der Waals surface area contributed by atoms with Gasteiger partial charge in [-0.1, -0.05) is 11.2 Å². The minimum absolute atomic E-state index is 0.240. The molecule has 1 rings (SSSR count). The fourth-order valence-electron chi connectivity index (χ4n) is 1.70. The summed E-state index contributed by atoms with van der Waals surface area (Å²) in [4.78, 5) is 6.59. The Hall–Kier alpha value is -1.82. The van der Waals surface area contributed by atoms with Crippen molar-refractivity contribution in [1.29, 1.82) is 0 Å². The van der Waals surface area contributed by atoms with E-state index in [2.05, 4.69) is 28.9 Å². The van der Waals surface area contributed by atoms with Crippen molar-refractivity contribution in [3.05, 3.63) is 23.9 Å². The van der Waals surface area contributed by atoms with Crippen molar-refractivity contribution < 1.29 is 9.94 Å². The Balaban J connectivity index is 2.67. The summed E-state index contributed by atoms with van der Waals surface area (Å²) in [5, 5.41) is 11.5. The molecule has 0 radical (unpaired) electrons. The minimum atomic E-state index is 0.240. The Labute approximate surface area is 113 Å². The van der Waals surface area contributed by atoms with Crippen LogP contribution in [0.4, 0.5) is 0 Å². The van der Waals surface area contributed by atoms with Gasteiger partial charge in [0, 0.05) is 31.6 Å². The average molecular weight is 266 g/mol. The molecule has 0 aliphatic carbocycles.